The molecular formula is C17H19BrClNO. The molecule has 1 unspecified atom stereocenters. The van der Waals surface area contributed by atoms with Crippen molar-refractivity contribution in [2.24, 2.45) is 0 Å². The van der Waals surface area contributed by atoms with Crippen molar-refractivity contribution in [2.75, 3.05) is 6.54 Å². The first-order valence-corrected chi connectivity index (χ1v) is 8.15. The molecule has 0 aliphatic heterocycles. The number of hydrogen-bond donors (Lipinski definition) is 1. The third kappa shape index (κ3) is 4.22. The summed E-state index contributed by atoms with van der Waals surface area (Å²) in [5.41, 5.74) is 2.16. The Kier molecular flexibility index (Phi) is 5.68. The van der Waals surface area contributed by atoms with Crippen LogP contribution in [0.15, 0.2) is 40.9 Å². The molecule has 0 saturated carbocycles. The van der Waals surface area contributed by atoms with Crippen molar-refractivity contribution in [3.63, 3.8) is 0 Å². The maximum atomic E-state index is 6.36. The minimum absolute atomic E-state index is 0.228. The second-order valence-corrected chi connectivity index (χ2v) is 6.30. The predicted molar refractivity (Wildman–Crippen MR) is 92.5 cm³/mol. The van der Waals surface area contributed by atoms with Gasteiger partial charge in [0.2, 0.25) is 0 Å². The topological polar surface area (TPSA) is 21.3 Å². The highest BCUT2D eigenvalue weighted by molar-refractivity contribution is 9.10. The zero-order valence-corrected chi connectivity index (χ0v) is 14.8. The number of halogens is 2. The molecule has 0 amide bonds. The van der Waals surface area contributed by atoms with E-state index in [2.05, 4.69) is 35.1 Å². The van der Waals surface area contributed by atoms with Gasteiger partial charge >= 0.3 is 0 Å². The molecule has 0 saturated heterocycles. The van der Waals surface area contributed by atoms with Crippen molar-refractivity contribution in [3.05, 3.63) is 57.0 Å². The Labute approximate surface area is 139 Å². The van der Waals surface area contributed by atoms with Crippen molar-refractivity contribution in [1.29, 1.82) is 0 Å². The van der Waals surface area contributed by atoms with Gasteiger partial charge in [-0.25, -0.2) is 0 Å². The SMILES string of the molecule is CCNC(C)c1ccc(Oc2ccc(Br)cc2C)cc1Cl. The minimum atomic E-state index is 0.228. The second kappa shape index (κ2) is 7.30. The summed E-state index contributed by atoms with van der Waals surface area (Å²) < 4.78 is 6.96. The molecule has 0 aliphatic carbocycles. The van der Waals surface area contributed by atoms with E-state index >= 15 is 0 Å². The highest BCUT2D eigenvalue weighted by atomic mass is 79.9. The van der Waals surface area contributed by atoms with Gasteiger partial charge in [0.25, 0.3) is 0 Å². The first kappa shape index (κ1) is 16.3. The monoisotopic (exact) mass is 367 g/mol. The molecule has 0 spiro atoms. The van der Waals surface area contributed by atoms with Crippen molar-refractivity contribution in [3.8, 4) is 11.5 Å². The summed E-state index contributed by atoms with van der Waals surface area (Å²) in [6.07, 6.45) is 0. The molecule has 1 atom stereocenters. The predicted octanol–water partition coefficient (Wildman–Crippen LogP) is 5.87. The number of rotatable bonds is 5. The Hall–Kier alpha value is -1.03. The Morgan fingerprint density at radius 2 is 2.00 bits per heavy atom. The van der Waals surface area contributed by atoms with E-state index < -0.39 is 0 Å². The van der Waals surface area contributed by atoms with E-state index in [0.717, 1.165) is 38.7 Å². The molecule has 0 radical (unpaired) electrons. The molecule has 2 aromatic carbocycles. The molecule has 112 valence electrons. The van der Waals surface area contributed by atoms with E-state index in [9.17, 15) is 0 Å². The maximum Gasteiger partial charge on any atom is 0.130 e. The lowest BCUT2D eigenvalue weighted by atomic mass is 10.1. The summed E-state index contributed by atoms with van der Waals surface area (Å²) in [4.78, 5) is 0. The summed E-state index contributed by atoms with van der Waals surface area (Å²) in [6, 6.07) is 12.0. The van der Waals surface area contributed by atoms with Crippen molar-refractivity contribution in [1.82, 2.24) is 5.32 Å². The lowest BCUT2D eigenvalue weighted by molar-refractivity contribution is 0.478. The third-order valence-electron chi connectivity index (χ3n) is 3.31. The molecule has 4 heteroatoms. The average Bonchev–Trinajstić information content (AvgIpc) is 2.42. The van der Waals surface area contributed by atoms with Crippen LogP contribution < -0.4 is 10.1 Å². The summed E-state index contributed by atoms with van der Waals surface area (Å²) in [5, 5.41) is 4.07. The molecule has 0 aromatic heterocycles. The van der Waals surface area contributed by atoms with Crippen LogP contribution in [-0.4, -0.2) is 6.54 Å². The zero-order chi connectivity index (χ0) is 15.4. The number of nitrogens with one attached hydrogen (secondary N) is 1. The van der Waals surface area contributed by atoms with Gasteiger partial charge in [0, 0.05) is 15.5 Å². The molecule has 0 aliphatic rings. The second-order valence-electron chi connectivity index (χ2n) is 4.97. The van der Waals surface area contributed by atoms with Crippen molar-refractivity contribution in [2.45, 2.75) is 26.8 Å². The molecular weight excluding hydrogens is 350 g/mol. The van der Waals surface area contributed by atoms with E-state index in [1.807, 2.05) is 43.3 Å². The number of ether oxygens (including phenoxy) is 1. The maximum absolute atomic E-state index is 6.36. The molecule has 2 aromatic rings. The summed E-state index contributed by atoms with van der Waals surface area (Å²) in [6.45, 7) is 7.11. The van der Waals surface area contributed by atoms with E-state index in [-0.39, 0.29) is 6.04 Å². The fourth-order valence-electron chi connectivity index (χ4n) is 2.19. The van der Waals surface area contributed by atoms with Crippen molar-refractivity contribution >= 4 is 27.5 Å². The molecule has 1 N–H and O–H groups in total. The number of benzene rings is 2. The van der Waals surface area contributed by atoms with Crippen LogP contribution in [-0.2, 0) is 0 Å². The molecule has 21 heavy (non-hydrogen) atoms. The van der Waals surface area contributed by atoms with E-state index in [0.29, 0.717) is 0 Å². The van der Waals surface area contributed by atoms with Crippen LogP contribution in [0.1, 0.15) is 31.0 Å². The van der Waals surface area contributed by atoms with Gasteiger partial charge in [-0.1, -0.05) is 40.5 Å². The van der Waals surface area contributed by atoms with Gasteiger partial charge in [0.1, 0.15) is 11.5 Å². The standard InChI is InChI=1S/C17H19BrClNO/c1-4-20-12(3)15-7-6-14(10-16(15)19)21-17-8-5-13(18)9-11(17)2/h5-10,12,20H,4H2,1-3H3. The zero-order valence-electron chi connectivity index (χ0n) is 12.4. The first-order valence-electron chi connectivity index (χ1n) is 6.98. The van der Waals surface area contributed by atoms with Crippen LogP contribution >= 0.6 is 27.5 Å². The van der Waals surface area contributed by atoms with E-state index in [4.69, 9.17) is 16.3 Å². The van der Waals surface area contributed by atoms with Crippen molar-refractivity contribution < 1.29 is 4.74 Å². The average molecular weight is 369 g/mol. The summed E-state index contributed by atoms with van der Waals surface area (Å²) in [7, 11) is 0. The van der Waals surface area contributed by atoms with Gasteiger partial charge in [-0.05, 0) is 61.9 Å². The van der Waals surface area contributed by atoms with E-state index in [1.54, 1.807) is 0 Å². The summed E-state index contributed by atoms with van der Waals surface area (Å²) in [5.74, 6) is 1.58. The highest BCUT2D eigenvalue weighted by Gasteiger charge is 2.10. The summed E-state index contributed by atoms with van der Waals surface area (Å²) >= 11 is 9.81. The van der Waals surface area contributed by atoms with Crippen LogP contribution in [0.2, 0.25) is 5.02 Å². The third-order valence-corrected chi connectivity index (χ3v) is 4.13. The van der Waals surface area contributed by atoms with Crippen LogP contribution in [0, 0.1) is 6.92 Å². The van der Waals surface area contributed by atoms with Gasteiger partial charge in [0.05, 0.1) is 0 Å². The van der Waals surface area contributed by atoms with Crippen LogP contribution in [0.4, 0.5) is 0 Å². The molecule has 2 rings (SSSR count). The lowest BCUT2D eigenvalue weighted by Crippen LogP contribution is -2.17. The van der Waals surface area contributed by atoms with E-state index in [1.165, 1.54) is 0 Å². The Bertz CT molecular complexity index is 630. The Balaban J connectivity index is 2.20. The van der Waals surface area contributed by atoms with Gasteiger partial charge in [-0.15, -0.1) is 0 Å². The quantitative estimate of drug-likeness (QED) is 0.712. The fraction of sp³-hybridized carbons (Fsp3) is 0.294. The Morgan fingerprint density at radius 3 is 2.62 bits per heavy atom. The smallest absolute Gasteiger partial charge is 0.130 e. The van der Waals surface area contributed by atoms with Crippen LogP contribution in [0.25, 0.3) is 0 Å². The molecule has 2 nitrogen and oxygen atoms in total. The van der Waals surface area contributed by atoms with Gasteiger partial charge < -0.3 is 10.1 Å². The van der Waals surface area contributed by atoms with Gasteiger partial charge in [-0.2, -0.15) is 0 Å². The highest BCUT2D eigenvalue weighted by Crippen LogP contribution is 2.32. The lowest BCUT2D eigenvalue weighted by Gasteiger charge is -2.16. The number of hydrogen-bond acceptors (Lipinski definition) is 2. The fourth-order valence-corrected chi connectivity index (χ4v) is 3.00. The van der Waals surface area contributed by atoms with Crippen LogP contribution in [0.5, 0.6) is 11.5 Å². The Morgan fingerprint density at radius 1 is 1.24 bits per heavy atom. The largest absolute Gasteiger partial charge is 0.457 e. The normalized spacial score (nSPS) is 12.2. The molecule has 0 bridgehead atoms. The van der Waals surface area contributed by atoms with Gasteiger partial charge in [-0.3, -0.25) is 0 Å². The minimum Gasteiger partial charge on any atom is -0.457 e. The molecule has 0 heterocycles. The van der Waals surface area contributed by atoms with Crippen LogP contribution in [0.3, 0.4) is 0 Å². The number of aryl methyl sites for hydroxylation is 1. The molecule has 0 fully saturated rings. The first-order chi connectivity index (χ1) is 10.0. The van der Waals surface area contributed by atoms with Gasteiger partial charge in [0.15, 0.2) is 0 Å².